The van der Waals surface area contributed by atoms with E-state index >= 15 is 0 Å². The summed E-state index contributed by atoms with van der Waals surface area (Å²) in [7, 11) is 1.55. The zero-order valence-electron chi connectivity index (χ0n) is 10.5. The summed E-state index contributed by atoms with van der Waals surface area (Å²) in [5.41, 5.74) is 1.06. The fourth-order valence-electron chi connectivity index (χ4n) is 1.95. The molecule has 17 heavy (non-hydrogen) atoms. The molecule has 0 aliphatic rings. The molecule has 0 aliphatic carbocycles. The first-order valence-corrected chi connectivity index (χ1v) is 5.56. The predicted molar refractivity (Wildman–Crippen MR) is 67.0 cm³/mol. The number of rotatable bonds is 1. The minimum absolute atomic E-state index is 0.0324. The van der Waals surface area contributed by atoms with E-state index in [1.807, 2.05) is 0 Å². The van der Waals surface area contributed by atoms with Crippen LogP contribution in [-0.2, 0) is 5.41 Å². The molecule has 0 amide bonds. The Balaban J connectivity index is 2.83. The lowest BCUT2D eigenvalue weighted by atomic mass is 9.85. The molecule has 2 aromatic rings. The molecule has 3 heteroatoms. The Morgan fingerprint density at radius 3 is 2.47 bits per heavy atom. The Labute approximate surface area is 100 Å². The lowest BCUT2D eigenvalue weighted by Gasteiger charge is -2.21. The Morgan fingerprint density at radius 1 is 1.18 bits per heavy atom. The average Bonchev–Trinajstić information content (AvgIpc) is 2.26. The second-order valence-electron chi connectivity index (χ2n) is 5.12. The molecule has 0 N–H and O–H groups in total. The molecule has 1 aromatic carbocycles. The normalized spacial score (nSPS) is 11.8. The highest BCUT2D eigenvalue weighted by Gasteiger charge is 2.19. The summed E-state index contributed by atoms with van der Waals surface area (Å²) >= 11 is 0. The van der Waals surface area contributed by atoms with Gasteiger partial charge in [0, 0.05) is 11.6 Å². The number of halogens is 1. The molecule has 0 aliphatic heterocycles. The molecule has 0 radical (unpaired) electrons. The maximum Gasteiger partial charge on any atom is 0.221 e. The van der Waals surface area contributed by atoms with Gasteiger partial charge in [0.25, 0.3) is 0 Å². The lowest BCUT2D eigenvalue weighted by molar-refractivity contribution is 0.402. The van der Waals surface area contributed by atoms with Crippen LogP contribution in [0.25, 0.3) is 10.8 Å². The Kier molecular flexibility index (Phi) is 2.77. The smallest absolute Gasteiger partial charge is 0.221 e. The van der Waals surface area contributed by atoms with Crippen LogP contribution in [0.4, 0.5) is 4.39 Å². The molecule has 2 nitrogen and oxygen atoms in total. The average molecular weight is 233 g/mol. The number of pyridine rings is 1. The van der Waals surface area contributed by atoms with Crippen molar-refractivity contribution in [2.24, 2.45) is 0 Å². The van der Waals surface area contributed by atoms with Gasteiger partial charge < -0.3 is 4.74 Å². The third kappa shape index (κ3) is 2.09. The van der Waals surface area contributed by atoms with Gasteiger partial charge in [-0.15, -0.1) is 0 Å². The van der Waals surface area contributed by atoms with E-state index in [1.54, 1.807) is 19.4 Å². The van der Waals surface area contributed by atoms with Crippen LogP contribution in [0, 0.1) is 5.82 Å². The first-order chi connectivity index (χ1) is 7.93. The summed E-state index contributed by atoms with van der Waals surface area (Å²) < 4.78 is 18.5. The van der Waals surface area contributed by atoms with Crippen LogP contribution in [0.5, 0.6) is 5.88 Å². The summed E-state index contributed by atoms with van der Waals surface area (Å²) in [6.45, 7) is 6.33. The maximum atomic E-state index is 13.3. The van der Waals surface area contributed by atoms with Crippen LogP contribution >= 0.6 is 0 Å². The summed E-state index contributed by atoms with van der Waals surface area (Å²) in [6, 6.07) is 4.73. The summed E-state index contributed by atoms with van der Waals surface area (Å²) in [5.74, 6) is 0.191. The van der Waals surface area contributed by atoms with Crippen LogP contribution in [0.2, 0.25) is 0 Å². The SMILES string of the molecule is COc1ncc(C(C)(C)C)c2ccc(F)cc12. The van der Waals surface area contributed by atoms with E-state index in [0.29, 0.717) is 5.88 Å². The minimum Gasteiger partial charge on any atom is -0.481 e. The highest BCUT2D eigenvalue weighted by molar-refractivity contribution is 5.90. The number of aromatic nitrogens is 1. The topological polar surface area (TPSA) is 22.1 Å². The minimum atomic E-state index is -0.274. The van der Waals surface area contributed by atoms with E-state index in [2.05, 4.69) is 25.8 Å². The van der Waals surface area contributed by atoms with Crippen molar-refractivity contribution >= 4 is 10.8 Å². The van der Waals surface area contributed by atoms with Gasteiger partial charge in [-0.05, 0) is 28.5 Å². The second-order valence-corrected chi connectivity index (χ2v) is 5.12. The lowest BCUT2D eigenvalue weighted by Crippen LogP contribution is -2.12. The van der Waals surface area contributed by atoms with Crippen LogP contribution in [-0.4, -0.2) is 12.1 Å². The molecule has 1 aromatic heterocycles. The molecule has 2 rings (SSSR count). The van der Waals surface area contributed by atoms with Gasteiger partial charge >= 0.3 is 0 Å². The molecule has 0 spiro atoms. The van der Waals surface area contributed by atoms with Gasteiger partial charge in [-0.2, -0.15) is 0 Å². The number of methoxy groups -OCH3 is 1. The third-order valence-corrected chi connectivity index (χ3v) is 2.81. The monoisotopic (exact) mass is 233 g/mol. The molecular weight excluding hydrogens is 217 g/mol. The number of hydrogen-bond acceptors (Lipinski definition) is 2. The molecular formula is C14H16FNO. The van der Waals surface area contributed by atoms with Gasteiger partial charge in [-0.1, -0.05) is 26.8 Å². The van der Waals surface area contributed by atoms with E-state index in [9.17, 15) is 4.39 Å². The van der Waals surface area contributed by atoms with Gasteiger partial charge in [0.1, 0.15) is 5.82 Å². The number of ether oxygens (including phenoxy) is 1. The Bertz CT molecular complexity index is 558. The molecule has 0 saturated carbocycles. The van der Waals surface area contributed by atoms with Gasteiger partial charge in [-0.25, -0.2) is 9.37 Å². The zero-order valence-corrected chi connectivity index (χ0v) is 10.5. The fourth-order valence-corrected chi connectivity index (χ4v) is 1.95. The van der Waals surface area contributed by atoms with Crippen LogP contribution in [0.3, 0.4) is 0 Å². The standard InChI is InChI=1S/C14H16FNO/c1-14(2,3)12-8-16-13(17-4)11-7-9(15)5-6-10(11)12/h5-8H,1-4H3. The van der Waals surface area contributed by atoms with Crippen molar-refractivity contribution in [2.75, 3.05) is 7.11 Å². The fraction of sp³-hybridized carbons (Fsp3) is 0.357. The summed E-state index contributed by atoms with van der Waals surface area (Å²) in [6.07, 6.45) is 1.80. The Morgan fingerprint density at radius 2 is 1.88 bits per heavy atom. The van der Waals surface area contributed by atoms with Gasteiger partial charge in [0.2, 0.25) is 5.88 Å². The molecule has 1 heterocycles. The van der Waals surface area contributed by atoms with Gasteiger partial charge in [-0.3, -0.25) is 0 Å². The molecule has 0 fully saturated rings. The summed E-state index contributed by atoms with van der Waals surface area (Å²) in [5, 5.41) is 1.71. The van der Waals surface area contributed by atoms with E-state index in [4.69, 9.17) is 4.74 Å². The first kappa shape index (κ1) is 11.8. The maximum absolute atomic E-state index is 13.3. The van der Waals surface area contributed by atoms with Crippen molar-refractivity contribution in [3.63, 3.8) is 0 Å². The largest absolute Gasteiger partial charge is 0.481 e. The zero-order chi connectivity index (χ0) is 12.6. The second kappa shape index (κ2) is 3.99. The van der Waals surface area contributed by atoms with E-state index in [1.165, 1.54) is 12.1 Å². The number of hydrogen-bond donors (Lipinski definition) is 0. The van der Waals surface area contributed by atoms with Crippen molar-refractivity contribution in [1.29, 1.82) is 0 Å². The number of nitrogens with zero attached hydrogens (tertiary/aromatic N) is 1. The van der Waals surface area contributed by atoms with Crippen LogP contribution < -0.4 is 4.74 Å². The van der Waals surface area contributed by atoms with E-state index in [-0.39, 0.29) is 11.2 Å². The molecule has 90 valence electrons. The molecule has 0 saturated heterocycles. The van der Waals surface area contributed by atoms with Crippen molar-refractivity contribution in [3.8, 4) is 5.88 Å². The first-order valence-electron chi connectivity index (χ1n) is 5.56. The summed E-state index contributed by atoms with van der Waals surface area (Å²) in [4.78, 5) is 4.24. The van der Waals surface area contributed by atoms with Crippen LogP contribution in [0.15, 0.2) is 24.4 Å². The predicted octanol–water partition coefficient (Wildman–Crippen LogP) is 3.68. The van der Waals surface area contributed by atoms with E-state index < -0.39 is 0 Å². The molecule has 0 atom stereocenters. The van der Waals surface area contributed by atoms with Crippen LogP contribution in [0.1, 0.15) is 26.3 Å². The quantitative estimate of drug-likeness (QED) is 0.749. The van der Waals surface area contributed by atoms with Crippen molar-refractivity contribution in [1.82, 2.24) is 4.98 Å². The Hall–Kier alpha value is -1.64. The number of fused-ring (bicyclic) bond motifs is 1. The molecule has 0 bridgehead atoms. The van der Waals surface area contributed by atoms with Gasteiger partial charge in [0.15, 0.2) is 0 Å². The third-order valence-electron chi connectivity index (χ3n) is 2.81. The van der Waals surface area contributed by atoms with Crippen molar-refractivity contribution in [3.05, 3.63) is 35.8 Å². The highest BCUT2D eigenvalue weighted by Crippen LogP contribution is 2.33. The van der Waals surface area contributed by atoms with Crippen molar-refractivity contribution in [2.45, 2.75) is 26.2 Å². The van der Waals surface area contributed by atoms with Gasteiger partial charge in [0.05, 0.1) is 7.11 Å². The molecule has 0 unspecified atom stereocenters. The van der Waals surface area contributed by atoms with Crippen molar-refractivity contribution < 1.29 is 9.13 Å². The van der Waals surface area contributed by atoms with E-state index in [0.717, 1.165) is 16.3 Å². The highest BCUT2D eigenvalue weighted by atomic mass is 19.1. The number of benzene rings is 1.